The van der Waals surface area contributed by atoms with Crippen LogP contribution in [0.1, 0.15) is 30.4 Å². The van der Waals surface area contributed by atoms with Crippen molar-refractivity contribution in [1.29, 1.82) is 5.26 Å². The number of benzene rings is 3. The van der Waals surface area contributed by atoms with Crippen molar-refractivity contribution in [1.82, 2.24) is 5.48 Å². The molecule has 0 saturated carbocycles. The summed E-state index contributed by atoms with van der Waals surface area (Å²) in [5.74, 6) is 0.0161. The number of nitriles is 1. The van der Waals surface area contributed by atoms with Gasteiger partial charge in [0, 0.05) is 18.1 Å². The summed E-state index contributed by atoms with van der Waals surface area (Å²) >= 11 is 0. The molecule has 2 N–H and O–H groups in total. The van der Waals surface area contributed by atoms with Gasteiger partial charge in [-0.3, -0.25) is 14.2 Å². The Bertz CT molecular complexity index is 1250. The third-order valence-corrected chi connectivity index (χ3v) is 8.37. The maximum absolute atomic E-state index is 13.2. The van der Waals surface area contributed by atoms with Crippen LogP contribution < -0.4 is 10.2 Å². The molecule has 0 aromatic heterocycles. The highest BCUT2D eigenvalue weighted by Gasteiger charge is 2.46. The third kappa shape index (κ3) is 5.82. The fourth-order valence-electron chi connectivity index (χ4n) is 4.29. The summed E-state index contributed by atoms with van der Waals surface area (Å²) in [6, 6.07) is 24.9. The summed E-state index contributed by atoms with van der Waals surface area (Å²) in [6.45, 7) is 1.16. The first-order chi connectivity index (χ1) is 17.6. The van der Waals surface area contributed by atoms with Crippen LogP contribution in [-0.4, -0.2) is 39.9 Å². The summed E-state index contributed by atoms with van der Waals surface area (Å²) in [7, 11) is -1.64. The van der Waals surface area contributed by atoms with E-state index in [1.165, 1.54) is 5.56 Å². The Morgan fingerprint density at radius 2 is 1.78 bits per heavy atom. The molecule has 4 rings (SSSR count). The van der Waals surface area contributed by atoms with Gasteiger partial charge in [0.25, 0.3) is 5.91 Å². The highest BCUT2D eigenvalue weighted by Crippen LogP contribution is 2.33. The lowest BCUT2D eigenvalue weighted by Gasteiger charge is -2.33. The molecule has 36 heavy (non-hydrogen) atoms. The van der Waals surface area contributed by atoms with E-state index in [-0.39, 0.29) is 12.8 Å². The highest BCUT2D eigenvalue weighted by atomic mass is 32.2. The maximum atomic E-state index is 13.2. The number of nitrogens with zero attached hydrogens (tertiary/aromatic N) is 1. The minimum absolute atomic E-state index is 0.274. The van der Waals surface area contributed by atoms with E-state index >= 15 is 0 Å². The summed E-state index contributed by atoms with van der Waals surface area (Å²) in [5, 5.41) is 18.2. The van der Waals surface area contributed by atoms with Crippen LogP contribution in [0.5, 0.6) is 5.75 Å². The molecule has 1 atom stereocenters. The average molecular weight is 505 g/mol. The number of hydroxylamine groups is 1. The van der Waals surface area contributed by atoms with Crippen molar-refractivity contribution >= 4 is 16.7 Å². The highest BCUT2D eigenvalue weighted by molar-refractivity contribution is 7.87. The molecule has 0 radical (unpaired) electrons. The van der Waals surface area contributed by atoms with E-state index in [4.69, 9.17) is 14.7 Å². The van der Waals surface area contributed by atoms with Gasteiger partial charge in [-0.1, -0.05) is 36.4 Å². The van der Waals surface area contributed by atoms with E-state index in [1.807, 2.05) is 30.3 Å². The minimum atomic E-state index is -1.64. The Labute approximate surface area is 213 Å². The molecule has 3 aromatic carbocycles. The number of amides is 1. The van der Waals surface area contributed by atoms with Gasteiger partial charge < -0.3 is 9.47 Å². The first kappa shape index (κ1) is 25.6. The van der Waals surface area contributed by atoms with Gasteiger partial charge in [0.2, 0.25) is 0 Å². The molecule has 1 aliphatic rings. The van der Waals surface area contributed by atoms with Gasteiger partial charge in [-0.15, -0.1) is 0 Å². The number of nitrogens with one attached hydrogen (secondary N) is 1. The fourth-order valence-corrected chi connectivity index (χ4v) is 5.88. The molecule has 0 aliphatic carbocycles. The molecule has 1 fully saturated rings. The predicted molar refractivity (Wildman–Crippen MR) is 136 cm³/mol. The Balaban J connectivity index is 1.31. The molecular weight excluding hydrogens is 476 g/mol. The van der Waals surface area contributed by atoms with Crippen LogP contribution in [0.4, 0.5) is 0 Å². The Morgan fingerprint density at radius 1 is 1.06 bits per heavy atom. The third-order valence-electron chi connectivity index (χ3n) is 6.36. The van der Waals surface area contributed by atoms with E-state index in [0.29, 0.717) is 36.0 Å². The van der Waals surface area contributed by atoms with Crippen LogP contribution >= 0.6 is 0 Å². The topological polar surface area (TPSA) is 109 Å². The average Bonchev–Trinajstić information content (AvgIpc) is 2.95. The Hall–Kier alpha value is -3.51. The van der Waals surface area contributed by atoms with Gasteiger partial charge in [-0.25, -0.2) is 5.48 Å². The second-order valence-corrected chi connectivity index (χ2v) is 10.4. The first-order valence-electron chi connectivity index (χ1n) is 11.8. The zero-order valence-electron chi connectivity index (χ0n) is 19.8. The number of carbonyl (C=O) groups is 1. The predicted octanol–water partition coefficient (Wildman–Crippen LogP) is 4.40. The molecule has 1 saturated heterocycles. The molecule has 3 aromatic rings. The molecule has 0 bridgehead atoms. The number of hydrogen-bond acceptors (Lipinski definition) is 6. The molecular formula is C28H28N2O5S. The molecule has 1 amide bonds. The van der Waals surface area contributed by atoms with Gasteiger partial charge in [-0.05, 0) is 78.8 Å². The molecule has 8 heteroatoms. The SMILES string of the molecule is N#Cc1ccc(-c2cccc(CCCOc3ccc(S(=O)C4(C(=O)NO)CCOCC4)cc3)c2)cc1. The number of rotatable bonds is 9. The van der Waals surface area contributed by atoms with Gasteiger partial charge >= 0.3 is 0 Å². The van der Waals surface area contributed by atoms with Gasteiger partial charge in [0.05, 0.1) is 29.0 Å². The quantitative estimate of drug-likeness (QED) is 0.254. The number of hydrogen-bond donors (Lipinski definition) is 2. The Morgan fingerprint density at radius 3 is 2.44 bits per heavy atom. The van der Waals surface area contributed by atoms with Crippen molar-refractivity contribution in [3.63, 3.8) is 0 Å². The van der Waals surface area contributed by atoms with E-state index in [0.717, 1.165) is 24.0 Å². The first-order valence-corrected chi connectivity index (χ1v) is 13.0. The molecule has 1 heterocycles. The fraction of sp³-hybridized carbons (Fsp3) is 0.286. The van der Waals surface area contributed by atoms with E-state index in [9.17, 15) is 14.2 Å². The molecule has 0 spiro atoms. The number of ether oxygens (including phenoxy) is 2. The normalized spacial score (nSPS) is 15.4. The largest absolute Gasteiger partial charge is 0.494 e. The number of aryl methyl sites for hydroxylation is 1. The number of carbonyl (C=O) groups excluding carboxylic acids is 1. The van der Waals surface area contributed by atoms with Gasteiger partial charge in [0.15, 0.2) is 0 Å². The summed E-state index contributed by atoms with van der Waals surface area (Å²) in [6.07, 6.45) is 2.23. The van der Waals surface area contributed by atoms with Crippen LogP contribution in [0.15, 0.2) is 77.7 Å². The second kappa shape index (κ2) is 12.0. The van der Waals surface area contributed by atoms with Crippen LogP contribution in [0.25, 0.3) is 11.1 Å². The summed E-state index contributed by atoms with van der Waals surface area (Å²) in [5.41, 5.74) is 5.71. The molecule has 7 nitrogen and oxygen atoms in total. The second-order valence-electron chi connectivity index (χ2n) is 8.63. The van der Waals surface area contributed by atoms with Crippen molar-refractivity contribution in [2.24, 2.45) is 0 Å². The monoisotopic (exact) mass is 504 g/mol. The molecule has 186 valence electrons. The van der Waals surface area contributed by atoms with Gasteiger partial charge in [0.1, 0.15) is 10.5 Å². The lowest BCUT2D eigenvalue weighted by atomic mass is 9.98. The smallest absolute Gasteiger partial charge is 0.262 e. The van der Waals surface area contributed by atoms with Crippen molar-refractivity contribution in [3.8, 4) is 22.9 Å². The van der Waals surface area contributed by atoms with Crippen LogP contribution in [0, 0.1) is 11.3 Å². The lowest BCUT2D eigenvalue weighted by molar-refractivity contribution is -0.134. The lowest BCUT2D eigenvalue weighted by Crippen LogP contribution is -2.52. The van der Waals surface area contributed by atoms with Gasteiger partial charge in [-0.2, -0.15) is 5.26 Å². The van der Waals surface area contributed by atoms with Crippen molar-refractivity contribution in [2.75, 3.05) is 19.8 Å². The van der Waals surface area contributed by atoms with Crippen molar-refractivity contribution in [2.45, 2.75) is 35.3 Å². The van der Waals surface area contributed by atoms with Crippen molar-refractivity contribution in [3.05, 3.63) is 83.9 Å². The zero-order valence-corrected chi connectivity index (χ0v) is 20.6. The van der Waals surface area contributed by atoms with Crippen LogP contribution in [-0.2, 0) is 26.8 Å². The maximum Gasteiger partial charge on any atom is 0.262 e. The molecule has 1 unspecified atom stereocenters. The van der Waals surface area contributed by atoms with Crippen molar-refractivity contribution < 1.29 is 23.7 Å². The Kier molecular flexibility index (Phi) is 8.49. The summed E-state index contributed by atoms with van der Waals surface area (Å²) < 4.78 is 23.2. The van der Waals surface area contributed by atoms with Crippen LogP contribution in [0.3, 0.4) is 0 Å². The van der Waals surface area contributed by atoms with Crippen LogP contribution in [0.2, 0.25) is 0 Å². The van der Waals surface area contributed by atoms with E-state index < -0.39 is 21.5 Å². The zero-order chi connectivity index (χ0) is 25.4. The summed E-state index contributed by atoms with van der Waals surface area (Å²) in [4.78, 5) is 12.9. The van der Waals surface area contributed by atoms with E-state index in [1.54, 1.807) is 29.7 Å². The minimum Gasteiger partial charge on any atom is -0.494 e. The van der Waals surface area contributed by atoms with E-state index in [2.05, 4.69) is 24.3 Å². The molecule has 1 aliphatic heterocycles. The standard InChI is InChI=1S/C28H28N2O5S/c29-20-22-6-8-23(9-7-22)24-5-1-3-21(19-24)4-2-16-35-25-10-12-26(13-11-25)36(33)28(27(31)30-32)14-17-34-18-15-28/h1,3,5-13,19,32H,2,4,14-18H2,(H,30,31).